The molecule has 2 atom stereocenters. The third-order valence-electron chi connectivity index (χ3n) is 1.34. The number of thiol groups is 1. The second kappa shape index (κ2) is 6.42. The number of esters is 1. The Morgan fingerprint density at radius 1 is 1.57 bits per heavy atom. The first-order valence-electron chi connectivity index (χ1n) is 4.05. The second-order valence-electron chi connectivity index (χ2n) is 2.71. The van der Waals surface area contributed by atoms with Gasteiger partial charge in [-0.2, -0.15) is 12.6 Å². The van der Waals surface area contributed by atoms with Crippen LogP contribution in [-0.4, -0.2) is 36.1 Å². The molecule has 0 aromatic heterocycles. The van der Waals surface area contributed by atoms with Crippen molar-refractivity contribution in [3.05, 3.63) is 0 Å². The van der Waals surface area contributed by atoms with Crippen molar-refractivity contribution < 1.29 is 19.1 Å². The number of nitrogens with one attached hydrogen (secondary N) is 1. The van der Waals surface area contributed by atoms with Crippen LogP contribution in [0, 0.1) is 0 Å². The fourth-order valence-corrected chi connectivity index (χ4v) is 0.958. The Bertz CT molecular complexity index is 231. The Kier molecular flexibility index (Phi) is 5.94. The number of hydrogen-bond acceptors (Lipinski definition) is 5. The van der Waals surface area contributed by atoms with E-state index in [4.69, 9.17) is 0 Å². The molecule has 0 bridgehead atoms. The van der Waals surface area contributed by atoms with Gasteiger partial charge in [0.15, 0.2) is 12.4 Å². The van der Waals surface area contributed by atoms with Crippen LogP contribution in [0.4, 0.5) is 0 Å². The van der Waals surface area contributed by atoms with Crippen LogP contribution >= 0.6 is 12.6 Å². The number of amides is 1. The molecule has 0 aromatic rings. The van der Waals surface area contributed by atoms with Gasteiger partial charge in [0.05, 0.1) is 0 Å². The van der Waals surface area contributed by atoms with E-state index in [2.05, 4.69) is 22.7 Å². The van der Waals surface area contributed by atoms with E-state index in [0.29, 0.717) is 6.29 Å². The second-order valence-corrected chi connectivity index (χ2v) is 3.08. The van der Waals surface area contributed by atoms with E-state index in [1.165, 1.54) is 13.8 Å². The summed E-state index contributed by atoms with van der Waals surface area (Å²) in [7, 11) is 0. The summed E-state index contributed by atoms with van der Waals surface area (Å²) in [6.45, 7) is 2.72. The van der Waals surface area contributed by atoms with E-state index in [0.717, 1.165) is 0 Å². The minimum Gasteiger partial charge on any atom is -0.453 e. The van der Waals surface area contributed by atoms with E-state index in [1.807, 2.05) is 0 Å². The van der Waals surface area contributed by atoms with Crippen LogP contribution in [0.3, 0.4) is 0 Å². The molecule has 1 unspecified atom stereocenters. The van der Waals surface area contributed by atoms with Gasteiger partial charge in [-0.1, -0.05) is 0 Å². The van der Waals surface area contributed by atoms with Crippen molar-refractivity contribution >= 4 is 30.8 Å². The smallest absolute Gasteiger partial charge is 0.330 e. The van der Waals surface area contributed by atoms with Crippen molar-refractivity contribution in [1.82, 2.24) is 5.32 Å². The average Bonchev–Trinajstić information content (AvgIpc) is 2.13. The summed E-state index contributed by atoms with van der Waals surface area (Å²) in [6.07, 6.45) is -0.306. The van der Waals surface area contributed by atoms with E-state index in [9.17, 15) is 14.4 Å². The average molecular weight is 219 g/mol. The van der Waals surface area contributed by atoms with E-state index < -0.39 is 18.1 Å². The molecule has 0 heterocycles. The highest BCUT2D eigenvalue weighted by molar-refractivity contribution is 7.80. The summed E-state index contributed by atoms with van der Waals surface area (Å²) in [5, 5.41) is 2.35. The first kappa shape index (κ1) is 13.0. The Morgan fingerprint density at radius 2 is 2.14 bits per heavy atom. The Labute approximate surface area is 87.6 Å². The van der Waals surface area contributed by atoms with Gasteiger partial charge in [-0.3, -0.25) is 9.59 Å². The molecule has 0 spiro atoms. The molecule has 0 radical (unpaired) electrons. The largest absolute Gasteiger partial charge is 0.453 e. The first-order chi connectivity index (χ1) is 6.51. The first-order valence-corrected chi connectivity index (χ1v) is 4.68. The summed E-state index contributed by atoms with van der Waals surface area (Å²) in [5.41, 5.74) is 0. The molecule has 5 nitrogen and oxygen atoms in total. The lowest BCUT2D eigenvalue weighted by atomic mass is 10.3. The van der Waals surface area contributed by atoms with Crippen LogP contribution < -0.4 is 5.32 Å². The Hall–Kier alpha value is -1.04. The third kappa shape index (κ3) is 4.86. The van der Waals surface area contributed by atoms with Crippen molar-refractivity contribution in [3.63, 3.8) is 0 Å². The minimum atomic E-state index is -0.807. The van der Waals surface area contributed by atoms with Gasteiger partial charge >= 0.3 is 5.97 Å². The molecule has 80 valence electrons. The van der Waals surface area contributed by atoms with E-state index in [-0.39, 0.29) is 11.7 Å². The number of carbonyl (C=O) groups excluding carboxylic acids is 3. The number of hydrogen-bond donors (Lipinski definition) is 2. The summed E-state index contributed by atoms with van der Waals surface area (Å²) >= 11 is 3.88. The highest BCUT2D eigenvalue weighted by Gasteiger charge is 2.20. The summed E-state index contributed by atoms with van der Waals surface area (Å²) < 4.78 is 4.68. The molecular formula is C8H13NO4S. The predicted octanol–water partition coefficient (Wildman–Crippen LogP) is -0.449. The molecule has 0 aliphatic rings. The van der Waals surface area contributed by atoms with Gasteiger partial charge in [0.25, 0.3) is 0 Å². The fourth-order valence-electron chi connectivity index (χ4n) is 0.718. The predicted molar refractivity (Wildman–Crippen MR) is 53.1 cm³/mol. The SMILES string of the molecule is CC(=O)N[C@@H](CS)C(=O)OC(C)C=O. The van der Waals surface area contributed by atoms with Gasteiger partial charge < -0.3 is 10.1 Å². The number of ether oxygens (including phenoxy) is 1. The molecule has 0 aliphatic carbocycles. The number of carbonyl (C=O) groups is 3. The van der Waals surface area contributed by atoms with Gasteiger partial charge in [0.1, 0.15) is 6.04 Å². The highest BCUT2D eigenvalue weighted by atomic mass is 32.1. The zero-order chi connectivity index (χ0) is 11.1. The molecule has 14 heavy (non-hydrogen) atoms. The lowest BCUT2D eigenvalue weighted by Gasteiger charge is -2.15. The van der Waals surface area contributed by atoms with Gasteiger partial charge in [0.2, 0.25) is 5.91 Å². The Balaban J connectivity index is 4.17. The van der Waals surface area contributed by atoms with Gasteiger partial charge in [-0.15, -0.1) is 0 Å². The van der Waals surface area contributed by atoms with Gasteiger partial charge in [-0.25, -0.2) is 4.79 Å². The lowest BCUT2D eigenvalue weighted by Crippen LogP contribution is -2.43. The normalized spacial score (nSPS) is 13.9. The van der Waals surface area contributed by atoms with Crippen LogP contribution in [0.15, 0.2) is 0 Å². The highest BCUT2D eigenvalue weighted by Crippen LogP contribution is 1.96. The minimum absolute atomic E-state index is 0.129. The molecule has 0 rings (SSSR count). The van der Waals surface area contributed by atoms with Crippen LogP contribution in [0.2, 0.25) is 0 Å². The molecular weight excluding hydrogens is 206 g/mol. The molecule has 0 fully saturated rings. The van der Waals surface area contributed by atoms with Crippen molar-refractivity contribution in [2.45, 2.75) is 26.0 Å². The van der Waals surface area contributed by atoms with Crippen molar-refractivity contribution in [1.29, 1.82) is 0 Å². The van der Waals surface area contributed by atoms with Crippen LogP contribution in [0.5, 0.6) is 0 Å². The number of aldehydes is 1. The van der Waals surface area contributed by atoms with Crippen molar-refractivity contribution in [3.8, 4) is 0 Å². The van der Waals surface area contributed by atoms with Crippen molar-refractivity contribution in [2.24, 2.45) is 0 Å². The van der Waals surface area contributed by atoms with E-state index >= 15 is 0 Å². The Morgan fingerprint density at radius 3 is 2.50 bits per heavy atom. The maximum absolute atomic E-state index is 11.2. The van der Waals surface area contributed by atoms with Crippen molar-refractivity contribution in [2.75, 3.05) is 5.75 Å². The fraction of sp³-hybridized carbons (Fsp3) is 0.625. The zero-order valence-electron chi connectivity index (χ0n) is 8.02. The quantitative estimate of drug-likeness (QED) is 0.373. The summed E-state index contributed by atoms with van der Waals surface area (Å²) in [4.78, 5) is 32.1. The molecule has 6 heteroatoms. The molecule has 1 amide bonds. The lowest BCUT2D eigenvalue weighted by molar-refractivity contribution is -0.153. The maximum atomic E-state index is 11.2. The molecule has 0 aliphatic heterocycles. The monoisotopic (exact) mass is 219 g/mol. The third-order valence-corrected chi connectivity index (χ3v) is 1.70. The number of rotatable bonds is 5. The maximum Gasteiger partial charge on any atom is 0.330 e. The van der Waals surface area contributed by atoms with Crippen LogP contribution in [0.25, 0.3) is 0 Å². The van der Waals surface area contributed by atoms with Crippen LogP contribution in [-0.2, 0) is 19.1 Å². The summed E-state index contributed by atoms with van der Waals surface area (Å²) in [6, 6.07) is -0.807. The topological polar surface area (TPSA) is 72.5 Å². The van der Waals surface area contributed by atoms with Crippen LogP contribution in [0.1, 0.15) is 13.8 Å². The van der Waals surface area contributed by atoms with Gasteiger partial charge in [0, 0.05) is 12.7 Å². The molecule has 1 N–H and O–H groups in total. The summed E-state index contributed by atoms with van der Waals surface area (Å²) in [5.74, 6) is -0.876. The molecule has 0 saturated heterocycles. The van der Waals surface area contributed by atoms with Gasteiger partial charge in [-0.05, 0) is 6.92 Å². The molecule has 0 aromatic carbocycles. The zero-order valence-corrected chi connectivity index (χ0v) is 8.91. The molecule has 0 saturated carbocycles. The standard InChI is InChI=1S/C8H13NO4S/c1-5(3-10)13-8(12)7(4-14)9-6(2)11/h3,5,7,14H,4H2,1-2H3,(H,9,11)/t5?,7-/m0/s1. The van der Waals surface area contributed by atoms with E-state index in [1.54, 1.807) is 0 Å².